The predicted octanol–water partition coefficient (Wildman–Crippen LogP) is 4.18. The molecule has 1 aliphatic rings. The summed E-state index contributed by atoms with van der Waals surface area (Å²) in [4.78, 5) is 16.8. The average molecular weight is 426 g/mol. The lowest BCUT2D eigenvalue weighted by Crippen LogP contribution is -3.15. The third-order valence-corrected chi connectivity index (χ3v) is 6.65. The van der Waals surface area contributed by atoms with E-state index in [1.165, 1.54) is 21.6 Å². The SMILES string of the molecule is Cc1ccc2oc(C(=O)N3CC[NH+](C(c4ccccc4)c4ccccc4)CC3)c(C)c2c1. The second-order valence-corrected chi connectivity index (χ2v) is 8.76. The third-order valence-electron chi connectivity index (χ3n) is 6.65. The Labute approximate surface area is 189 Å². The van der Waals surface area contributed by atoms with Crippen molar-refractivity contribution in [2.24, 2.45) is 0 Å². The second-order valence-electron chi connectivity index (χ2n) is 8.76. The Morgan fingerprint density at radius 1 is 0.875 bits per heavy atom. The van der Waals surface area contributed by atoms with Crippen molar-refractivity contribution >= 4 is 16.9 Å². The highest BCUT2D eigenvalue weighted by atomic mass is 16.3. The van der Waals surface area contributed by atoms with Crippen LogP contribution in [0.25, 0.3) is 11.0 Å². The first-order valence-electron chi connectivity index (χ1n) is 11.4. The van der Waals surface area contributed by atoms with Gasteiger partial charge in [-0.3, -0.25) is 4.79 Å². The summed E-state index contributed by atoms with van der Waals surface area (Å²) in [6, 6.07) is 27.7. The van der Waals surface area contributed by atoms with Crippen LogP contribution in [0.2, 0.25) is 0 Å². The molecular weight excluding hydrogens is 396 g/mol. The molecule has 1 fully saturated rings. The van der Waals surface area contributed by atoms with Gasteiger partial charge in [-0.1, -0.05) is 72.3 Å². The van der Waals surface area contributed by atoms with Gasteiger partial charge in [0.1, 0.15) is 11.6 Å². The molecule has 1 saturated heterocycles. The molecule has 0 unspecified atom stereocenters. The Kier molecular flexibility index (Phi) is 5.54. The highest BCUT2D eigenvalue weighted by molar-refractivity contribution is 5.99. The number of carbonyl (C=O) groups excluding carboxylic acids is 1. The minimum absolute atomic E-state index is 0.00590. The van der Waals surface area contributed by atoms with Crippen molar-refractivity contribution in [3.63, 3.8) is 0 Å². The predicted molar refractivity (Wildman–Crippen MR) is 127 cm³/mol. The molecule has 4 heteroatoms. The Balaban J connectivity index is 1.36. The van der Waals surface area contributed by atoms with Crippen LogP contribution in [0.15, 0.2) is 83.3 Å². The van der Waals surface area contributed by atoms with Crippen LogP contribution in [0.5, 0.6) is 0 Å². The van der Waals surface area contributed by atoms with Crippen molar-refractivity contribution in [2.75, 3.05) is 26.2 Å². The topological polar surface area (TPSA) is 37.9 Å². The maximum Gasteiger partial charge on any atom is 0.290 e. The normalized spacial score (nSPS) is 14.9. The van der Waals surface area contributed by atoms with Gasteiger partial charge >= 0.3 is 0 Å². The van der Waals surface area contributed by atoms with Crippen LogP contribution in [-0.4, -0.2) is 37.0 Å². The van der Waals surface area contributed by atoms with Crippen LogP contribution in [0.4, 0.5) is 0 Å². The van der Waals surface area contributed by atoms with Gasteiger partial charge in [0.15, 0.2) is 5.76 Å². The number of nitrogens with one attached hydrogen (secondary N) is 1. The summed E-state index contributed by atoms with van der Waals surface area (Å²) >= 11 is 0. The van der Waals surface area contributed by atoms with Gasteiger partial charge in [0.05, 0.1) is 26.2 Å². The number of carbonyl (C=O) groups is 1. The molecule has 0 atom stereocenters. The zero-order valence-corrected chi connectivity index (χ0v) is 18.7. The lowest BCUT2D eigenvalue weighted by Gasteiger charge is -2.36. The van der Waals surface area contributed by atoms with E-state index >= 15 is 0 Å². The van der Waals surface area contributed by atoms with Crippen molar-refractivity contribution in [1.29, 1.82) is 0 Å². The molecule has 1 aliphatic heterocycles. The average Bonchev–Trinajstić information content (AvgIpc) is 3.16. The zero-order valence-electron chi connectivity index (χ0n) is 18.7. The van der Waals surface area contributed by atoms with Crippen molar-refractivity contribution in [3.05, 3.63) is 107 Å². The van der Waals surface area contributed by atoms with Gasteiger partial charge in [0.25, 0.3) is 5.91 Å². The van der Waals surface area contributed by atoms with Crippen LogP contribution in [0.3, 0.4) is 0 Å². The number of quaternary nitrogens is 1. The van der Waals surface area contributed by atoms with E-state index in [4.69, 9.17) is 4.42 Å². The molecule has 32 heavy (non-hydrogen) atoms. The molecule has 0 radical (unpaired) electrons. The zero-order chi connectivity index (χ0) is 22.1. The van der Waals surface area contributed by atoms with Crippen molar-refractivity contribution in [2.45, 2.75) is 19.9 Å². The summed E-state index contributed by atoms with van der Waals surface area (Å²) < 4.78 is 5.98. The summed E-state index contributed by atoms with van der Waals surface area (Å²) in [5, 5.41) is 1.03. The van der Waals surface area contributed by atoms with Crippen LogP contribution in [0.1, 0.15) is 38.9 Å². The number of rotatable bonds is 4. The molecule has 3 aromatic carbocycles. The van der Waals surface area contributed by atoms with Gasteiger partial charge < -0.3 is 14.2 Å². The largest absolute Gasteiger partial charge is 0.451 e. The quantitative estimate of drug-likeness (QED) is 0.533. The number of fused-ring (bicyclic) bond motifs is 1. The Morgan fingerprint density at radius 3 is 2.06 bits per heavy atom. The molecule has 0 aliphatic carbocycles. The second kappa shape index (κ2) is 8.64. The maximum absolute atomic E-state index is 13.3. The van der Waals surface area contributed by atoms with Crippen molar-refractivity contribution in [3.8, 4) is 0 Å². The number of piperazine rings is 1. The minimum atomic E-state index is 0.00590. The van der Waals surface area contributed by atoms with Crippen LogP contribution in [0, 0.1) is 13.8 Å². The standard InChI is InChI=1S/C28H28N2O2/c1-20-13-14-25-24(19-20)21(2)27(32-25)28(31)30-17-15-29(16-18-30)26(22-9-5-3-6-10-22)23-11-7-4-8-12-23/h3-14,19,26H,15-18H2,1-2H3/p+1. The van der Waals surface area contributed by atoms with Gasteiger partial charge in [-0.05, 0) is 26.0 Å². The van der Waals surface area contributed by atoms with Crippen LogP contribution in [-0.2, 0) is 0 Å². The molecule has 162 valence electrons. The van der Waals surface area contributed by atoms with Crippen molar-refractivity contribution in [1.82, 2.24) is 4.90 Å². The fourth-order valence-electron chi connectivity index (χ4n) is 4.92. The van der Waals surface area contributed by atoms with E-state index in [1.807, 2.05) is 24.0 Å². The van der Waals surface area contributed by atoms with E-state index in [9.17, 15) is 4.79 Å². The third kappa shape index (κ3) is 3.82. The summed E-state index contributed by atoms with van der Waals surface area (Å²) in [7, 11) is 0. The molecule has 0 bridgehead atoms. The van der Waals surface area contributed by atoms with E-state index in [0.29, 0.717) is 5.76 Å². The Morgan fingerprint density at radius 2 is 1.47 bits per heavy atom. The highest BCUT2D eigenvalue weighted by Gasteiger charge is 2.33. The summed E-state index contributed by atoms with van der Waals surface area (Å²) in [6.45, 7) is 7.29. The van der Waals surface area contributed by atoms with E-state index in [-0.39, 0.29) is 11.9 Å². The van der Waals surface area contributed by atoms with E-state index in [1.54, 1.807) is 0 Å². The molecule has 1 N–H and O–H groups in total. The molecule has 2 heterocycles. The monoisotopic (exact) mass is 425 g/mol. The molecule has 1 amide bonds. The first-order chi connectivity index (χ1) is 15.6. The number of furan rings is 1. The number of benzene rings is 3. The molecule has 4 nitrogen and oxygen atoms in total. The molecule has 1 aromatic heterocycles. The van der Waals surface area contributed by atoms with E-state index in [2.05, 4.69) is 73.7 Å². The Hall–Kier alpha value is -3.37. The lowest BCUT2D eigenvalue weighted by atomic mass is 9.96. The molecule has 0 saturated carbocycles. The molecule has 0 spiro atoms. The van der Waals surface area contributed by atoms with Crippen LogP contribution >= 0.6 is 0 Å². The fraction of sp³-hybridized carbons (Fsp3) is 0.250. The van der Waals surface area contributed by atoms with Gasteiger partial charge in [0, 0.05) is 22.1 Å². The number of aryl methyl sites for hydroxylation is 2. The molecule has 4 aromatic rings. The Bertz CT molecular complexity index is 1180. The van der Waals surface area contributed by atoms with Crippen LogP contribution < -0.4 is 4.90 Å². The number of amides is 1. The smallest absolute Gasteiger partial charge is 0.290 e. The number of hydrogen-bond acceptors (Lipinski definition) is 2. The highest BCUT2D eigenvalue weighted by Crippen LogP contribution is 2.27. The van der Waals surface area contributed by atoms with Gasteiger partial charge in [-0.25, -0.2) is 0 Å². The van der Waals surface area contributed by atoms with Crippen molar-refractivity contribution < 1.29 is 14.1 Å². The maximum atomic E-state index is 13.3. The first-order valence-corrected chi connectivity index (χ1v) is 11.4. The van der Waals surface area contributed by atoms with Gasteiger partial charge in [-0.15, -0.1) is 0 Å². The fourth-order valence-corrected chi connectivity index (χ4v) is 4.92. The molecular formula is C28H29N2O2+. The summed E-state index contributed by atoms with van der Waals surface area (Å²) in [5.74, 6) is 0.489. The summed E-state index contributed by atoms with van der Waals surface area (Å²) in [6.07, 6.45) is 0. The van der Waals surface area contributed by atoms with E-state index in [0.717, 1.165) is 42.7 Å². The minimum Gasteiger partial charge on any atom is -0.451 e. The van der Waals surface area contributed by atoms with Gasteiger partial charge in [0.2, 0.25) is 0 Å². The number of nitrogens with zero attached hydrogens (tertiary/aromatic N) is 1. The first kappa shape index (κ1) is 20.5. The summed E-state index contributed by atoms with van der Waals surface area (Å²) in [5.41, 5.74) is 5.53. The number of hydrogen-bond donors (Lipinski definition) is 1. The molecule has 5 rings (SSSR count). The van der Waals surface area contributed by atoms with E-state index < -0.39 is 0 Å². The van der Waals surface area contributed by atoms with Gasteiger partial charge in [-0.2, -0.15) is 0 Å². The lowest BCUT2D eigenvalue weighted by molar-refractivity contribution is -0.929.